The molecule has 0 radical (unpaired) electrons. The molecule has 0 aromatic carbocycles. The van der Waals surface area contributed by atoms with E-state index >= 15 is 0 Å². The highest BCUT2D eigenvalue weighted by molar-refractivity contribution is 7.15. The molecule has 0 spiro atoms. The van der Waals surface area contributed by atoms with Gasteiger partial charge in [0.15, 0.2) is 0 Å². The molecule has 0 bridgehead atoms. The summed E-state index contributed by atoms with van der Waals surface area (Å²) in [5, 5.41) is 9.34. The Morgan fingerprint density at radius 2 is 2.13 bits per heavy atom. The van der Waals surface area contributed by atoms with Crippen LogP contribution in [0, 0.1) is 0 Å². The van der Waals surface area contributed by atoms with E-state index in [1.54, 1.807) is 0 Å². The first kappa shape index (κ1) is 10.8. The lowest BCUT2D eigenvalue weighted by Crippen LogP contribution is -2.16. The number of aromatic nitrogens is 2. The van der Waals surface area contributed by atoms with Crippen LogP contribution in [0.2, 0.25) is 0 Å². The minimum absolute atomic E-state index is 0.414. The van der Waals surface area contributed by atoms with Gasteiger partial charge in [0, 0.05) is 0 Å². The molecule has 0 atom stereocenters. The highest BCUT2D eigenvalue weighted by Crippen LogP contribution is 2.22. The normalized spacial score (nSPS) is 17.9. The van der Waals surface area contributed by atoms with Crippen molar-refractivity contribution in [1.29, 1.82) is 0 Å². The molecule has 6 heteroatoms. The van der Waals surface area contributed by atoms with Gasteiger partial charge in [-0.05, 0) is 12.8 Å². The lowest BCUT2D eigenvalue weighted by molar-refractivity contribution is 0.0165. The Morgan fingerprint density at radius 3 is 2.80 bits per heavy atom. The zero-order chi connectivity index (χ0) is 10.5. The van der Waals surface area contributed by atoms with E-state index in [2.05, 4.69) is 15.6 Å². The van der Waals surface area contributed by atoms with Crippen molar-refractivity contribution in [2.24, 2.45) is 5.84 Å². The number of nitrogens with two attached hydrogens (primary N) is 1. The predicted octanol–water partition coefficient (Wildman–Crippen LogP) is 1.67. The number of anilines is 1. The van der Waals surface area contributed by atoms with Gasteiger partial charge in [-0.2, -0.15) is 0 Å². The number of nitrogens with one attached hydrogen (secondary N) is 1. The molecule has 1 aromatic rings. The molecule has 1 heterocycles. The first-order valence-corrected chi connectivity index (χ1v) is 6.11. The van der Waals surface area contributed by atoms with Crippen molar-refractivity contribution in [2.45, 2.75) is 44.8 Å². The Kier molecular flexibility index (Phi) is 3.87. The summed E-state index contributed by atoms with van der Waals surface area (Å²) in [4.78, 5) is 0. The zero-order valence-electron chi connectivity index (χ0n) is 8.61. The van der Waals surface area contributed by atoms with Crippen LogP contribution < -0.4 is 11.3 Å². The largest absolute Gasteiger partial charge is 0.371 e. The Labute approximate surface area is 93.0 Å². The number of rotatable bonds is 4. The maximum atomic E-state index is 5.77. The van der Waals surface area contributed by atoms with Crippen molar-refractivity contribution in [1.82, 2.24) is 10.2 Å². The number of ether oxygens (including phenoxy) is 1. The van der Waals surface area contributed by atoms with E-state index < -0.39 is 0 Å². The van der Waals surface area contributed by atoms with Gasteiger partial charge in [-0.25, -0.2) is 5.84 Å². The molecule has 3 N–H and O–H groups in total. The molecule has 2 rings (SSSR count). The SMILES string of the molecule is NNc1nnc(COC2CCCCC2)s1. The fourth-order valence-electron chi connectivity index (χ4n) is 1.79. The van der Waals surface area contributed by atoms with E-state index in [4.69, 9.17) is 10.6 Å². The van der Waals surface area contributed by atoms with Crippen LogP contribution in [0.3, 0.4) is 0 Å². The van der Waals surface area contributed by atoms with Crippen LogP contribution in [-0.2, 0) is 11.3 Å². The summed E-state index contributed by atoms with van der Waals surface area (Å²) >= 11 is 1.44. The van der Waals surface area contributed by atoms with Crippen LogP contribution in [-0.4, -0.2) is 16.3 Å². The summed E-state index contributed by atoms with van der Waals surface area (Å²) in [7, 11) is 0. The summed E-state index contributed by atoms with van der Waals surface area (Å²) in [6, 6.07) is 0. The summed E-state index contributed by atoms with van der Waals surface area (Å²) in [6.07, 6.45) is 6.70. The van der Waals surface area contributed by atoms with Crippen LogP contribution in [0.5, 0.6) is 0 Å². The quantitative estimate of drug-likeness (QED) is 0.606. The molecular weight excluding hydrogens is 212 g/mol. The van der Waals surface area contributed by atoms with Crippen molar-refractivity contribution in [3.8, 4) is 0 Å². The lowest BCUT2D eigenvalue weighted by Gasteiger charge is -2.21. The van der Waals surface area contributed by atoms with E-state index in [-0.39, 0.29) is 0 Å². The molecule has 15 heavy (non-hydrogen) atoms. The topological polar surface area (TPSA) is 73.1 Å². The van der Waals surface area contributed by atoms with Crippen molar-refractivity contribution in [2.75, 3.05) is 5.43 Å². The van der Waals surface area contributed by atoms with Gasteiger partial charge in [-0.3, -0.25) is 5.43 Å². The van der Waals surface area contributed by atoms with Crippen molar-refractivity contribution in [3.05, 3.63) is 5.01 Å². The van der Waals surface area contributed by atoms with E-state index in [0.717, 1.165) is 5.01 Å². The van der Waals surface area contributed by atoms with Gasteiger partial charge in [0.1, 0.15) is 11.6 Å². The number of hydrazine groups is 1. The summed E-state index contributed by atoms with van der Waals surface area (Å²) in [5.74, 6) is 5.22. The molecule has 1 fully saturated rings. The number of hydrogen-bond donors (Lipinski definition) is 2. The van der Waals surface area contributed by atoms with Crippen LogP contribution in [0.4, 0.5) is 5.13 Å². The maximum absolute atomic E-state index is 5.77. The number of hydrogen-bond acceptors (Lipinski definition) is 6. The minimum Gasteiger partial charge on any atom is -0.371 e. The van der Waals surface area contributed by atoms with Gasteiger partial charge in [0.05, 0.1) is 6.10 Å². The van der Waals surface area contributed by atoms with Gasteiger partial charge in [0.25, 0.3) is 0 Å². The maximum Gasteiger partial charge on any atom is 0.219 e. The van der Waals surface area contributed by atoms with Crippen molar-refractivity contribution >= 4 is 16.5 Å². The van der Waals surface area contributed by atoms with E-state index in [0.29, 0.717) is 17.8 Å². The second-order valence-electron chi connectivity index (χ2n) is 3.72. The van der Waals surface area contributed by atoms with Crippen LogP contribution in [0.25, 0.3) is 0 Å². The second kappa shape index (κ2) is 5.39. The molecular formula is C9H16N4OS. The van der Waals surface area contributed by atoms with Gasteiger partial charge >= 0.3 is 0 Å². The Balaban J connectivity index is 1.76. The molecule has 0 unspecified atom stereocenters. The van der Waals surface area contributed by atoms with Crippen LogP contribution >= 0.6 is 11.3 Å². The summed E-state index contributed by atoms with van der Waals surface area (Å²) in [5.41, 5.74) is 2.47. The van der Waals surface area contributed by atoms with Gasteiger partial charge < -0.3 is 4.74 Å². The molecule has 0 amide bonds. The average Bonchev–Trinajstić information content (AvgIpc) is 2.76. The number of nitrogen functional groups attached to an aromatic ring is 1. The van der Waals surface area contributed by atoms with E-state index in [9.17, 15) is 0 Å². The molecule has 84 valence electrons. The van der Waals surface area contributed by atoms with Gasteiger partial charge in [0.2, 0.25) is 5.13 Å². The van der Waals surface area contributed by atoms with E-state index in [1.165, 1.54) is 43.4 Å². The fraction of sp³-hybridized carbons (Fsp3) is 0.778. The predicted molar refractivity (Wildman–Crippen MR) is 59.4 cm³/mol. The third-order valence-corrected chi connectivity index (χ3v) is 3.41. The zero-order valence-corrected chi connectivity index (χ0v) is 9.42. The molecule has 1 aliphatic carbocycles. The lowest BCUT2D eigenvalue weighted by atomic mass is 9.98. The Morgan fingerprint density at radius 1 is 1.33 bits per heavy atom. The van der Waals surface area contributed by atoms with Crippen LogP contribution in [0.1, 0.15) is 37.1 Å². The Hall–Kier alpha value is -0.720. The molecule has 5 nitrogen and oxygen atoms in total. The standard InChI is InChI=1S/C9H16N4OS/c10-11-9-13-12-8(15-9)6-14-7-4-2-1-3-5-7/h7H,1-6,10H2,(H,11,13). The highest BCUT2D eigenvalue weighted by Gasteiger charge is 2.14. The molecule has 0 aliphatic heterocycles. The van der Waals surface area contributed by atoms with E-state index in [1.807, 2.05) is 0 Å². The second-order valence-corrected chi connectivity index (χ2v) is 4.78. The number of nitrogens with zero attached hydrogens (tertiary/aromatic N) is 2. The fourth-order valence-corrected chi connectivity index (χ4v) is 2.36. The van der Waals surface area contributed by atoms with Gasteiger partial charge in [-0.15, -0.1) is 10.2 Å². The molecule has 0 saturated heterocycles. The highest BCUT2D eigenvalue weighted by atomic mass is 32.1. The van der Waals surface area contributed by atoms with Crippen molar-refractivity contribution in [3.63, 3.8) is 0 Å². The third-order valence-electron chi connectivity index (χ3n) is 2.59. The van der Waals surface area contributed by atoms with Crippen molar-refractivity contribution < 1.29 is 4.74 Å². The summed E-state index contributed by atoms with van der Waals surface area (Å²) < 4.78 is 5.77. The third kappa shape index (κ3) is 3.12. The summed E-state index contributed by atoms with van der Waals surface area (Å²) in [6.45, 7) is 0.560. The van der Waals surface area contributed by atoms with Crippen LogP contribution in [0.15, 0.2) is 0 Å². The molecule has 1 aliphatic rings. The average molecular weight is 228 g/mol. The molecule has 1 saturated carbocycles. The molecule has 1 aromatic heterocycles. The first-order chi connectivity index (χ1) is 7.38. The van der Waals surface area contributed by atoms with Gasteiger partial charge in [-0.1, -0.05) is 30.6 Å². The Bertz CT molecular complexity index is 298. The monoisotopic (exact) mass is 228 g/mol. The smallest absolute Gasteiger partial charge is 0.219 e. The first-order valence-electron chi connectivity index (χ1n) is 5.29. The minimum atomic E-state index is 0.414.